The molecule has 1 N–H and O–H groups in total. The second-order valence-corrected chi connectivity index (χ2v) is 8.71. The number of hydrogen-bond acceptors (Lipinski definition) is 3. The Labute approximate surface area is 134 Å². The molecule has 0 aromatic carbocycles. The summed E-state index contributed by atoms with van der Waals surface area (Å²) in [4.78, 5) is 13.3. The minimum absolute atomic E-state index is 0.175. The minimum Gasteiger partial charge on any atom is -0.465 e. The molecule has 2 aliphatic heterocycles. The van der Waals surface area contributed by atoms with Crippen molar-refractivity contribution in [2.45, 2.75) is 84.4 Å². The lowest BCUT2D eigenvalue weighted by Gasteiger charge is -2.47. The average Bonchev–Trinajstić information content (AvgIpc) is 2.78. The number of rotatable bonds is 2. The predicted octanol–water partition coefficient (Wildman–Crippen LogP) is 3.64. The maximum absolute atomic E-state index is 11.7. The summed E-state index contributed by atoms with van der Waals surface area (Å²) in [5, 5.41) is 9.64. The SMILES string of the molecule is CC(C)(C)C1(CB2OC(C)(C)C(C)(C)O2)CCCN1C(=O)O. The van der Waals surface area contributed by atoms with Crippen LogP contribution in [0.25, 0.3) is 0 Å². The summed E-state index contributed by atoms with van der Waals surface area (Å²) in [6.07, 6.45) is 1.48. The lowest BCUT2D eigenvalue weighted by atomic mass is 9.60. The second-order valence-electron chi connectivity index (χ2n) is 8.71. The fraction of sp³-hybridized carbons (Fsp3) is 0.938. The van der Waals surface area contributed by atoms with Crippen LogP contribution in [0.3, 0.4) is 0 Å². The molecule has 6 heteroatoms. The topological polar surface area (TPSA) is 59.0 Å². The van der Waals surface area contributed by atoms with Crippen LogP contribution < -0.4 is 0 Å². The van der Waals surface area contributed by atoms with Crippen LogP contribution in [0.5, 0.6) is 0 Å². The molecule has 0 aromatic heterocycles. The Morgan fingerprint density at radius 3 is 2.09 bits per heavy atom. The maximum atomic E-state index is 11.7. The van der Waals surface area contributed by atoms with Gasteiger partial charge in [-0.3, -0.25) is 0 Å². The third-order valence-corrected chi connectivity index (χ3v) is 5.92. The first-order chi connectivity index (χ1) is 9.82. The van der Waals surface area contributed by atoms with Crippen molar-refractivity contribution in [3.05, 3.63) is 0 Å². The summed E-state index contributed by atoms with van der Waals surface area (Å²) >= 11 is 0. The largest absolute Gasteiger partial charge is 0.465 e. The lowest BCUT2D eigenvalue weighted by Crippen LogP contribution is -2.57. The molecule has 2 aliphatic rings. The fourth-order valence-electron chi connectivity index (χ4n) is 3.78. The molecule has 126 valence electrons. The van der Waals surface area contributed by atoms with E-state index in [0.29, 0.717) is 12.9 Å². The first-order valence-electron chi connectivity index (χ1n) is 8.19. The summed E-state index contributed by atoms with van der Waals surface area (Å²) in [5.41, 5.74) is -1.39. The highest BCUT2D eigenvalue weighted by atomic mass is 16.7. The highest BCUT2D eigenvalue weighted by Gasteiger charge is 2.59. The molecule has 1 unspecified atom stereocenters. The molecule has 0 aromatic rings. The van der Waals surface area contributed by atoms with Gasteiger partial charge in [-0.2, -0.15) is 0 Å². The number of nitrogens with zero attached hydrogens (tertiary/aromatic N) is 1. The molecule has 2 fully saturated rings. The quantitative estimate of drug-likeness (QED) is 0.791. The van der Waals surface area contributed by atoms with E-state index in [1.165, 1.54) is 0 Å². The zero-order valence-corrected chi connectivity index (χ0v) is 15.0. The molecule has 2 heterocycles. The summed E-state index contributed by atoms with van der Waals surface area (Å²) in [7, 11) is -0.371. The second kappa shape index (κ2) is 5.13. The lowest BCUT2D eigenvalue weighted by molar-refractivity contribution is 0.00578. The molecular weight excluding hydrogens is 281 g/mol. The van der Waals surface area contributed by atoms with E-state index in [1.54, 1.807) is 4.90 Å². The molecule has 2 rings (SSSR count). The summed E-state index contributed by atoms with van der Waals surface area (Å²) < 4.78 is 12.3. The molecule has 0 aliphatic carbocycles. The van der Waals surface area contributed by atoms with E-state index >= 15 is 0 Å². The third kappa shape index (κ3) is 2.64. The van der Waals surface area contributed by atoms with Crippen LogP contribution in [0.15, 0.2) is 0 Å². The fourth-order valence-corrected chi connectivity index (χ4v) is 3.78. The van der Waals surface area contributed by atoms with Crippen LogP contribution >= 0.6 is 0 Å². The number of hydrogen-bond donors (Lipinski definition) is 1. The molecule has 2 saturated heterocycles. The number of carboxylic acid groups (broad SMARTS) is 1. The van der Waals surface area contributed by atoms with Crippen LogP contribution in [0.2, 0.25) is 6.32 Å². The van der Waals surface area contributed by atoms with E-state index < -0.39 is 11.6 Å². The van der Waals surface area contributed by atoms with Gasteiger partial charge >= 0.3 is 13.2 Å². The first-order valence-corrected chi connectivity index (χ1v) is 8.19. The Balaban J connectivity index is 2.29. The van der Waals surface area contributed by atoms with Crippen molar-refractivity contribution in [3.8, 4) is 0 Å². The van der Waals surface area contributed by atoms with Gasteiger partial charge in [0.05, 0.1) is 11.2 Å². The zero-order valence-electron chi connectivity index (χ0n) is 15.0. The van der Waals surface area contributed by atoms with Crippen LogP contribution in [0.4, 0.5) is 4.79 Å². The smallest absolute Gasteiger partial charge is 0.460 e. The van der Waals surface area contributed by atoms with Gasteiger partial charge in [0.15, 0.2) is 0 Å². The van der Waals surface area contributed by atoms with Crippen molar-refractivity contribution in [2.75, 3.05) is 6.54 Å². The Morgan fingerprint density at radius 2 is 1.68 bits per heavy atom. The normalized spacial score (nSPS) is 30.9. The van der Waals surface area contributed by atoms with Gasteiger partial charge < -0.3 is 19.3 Å². The van der Waals surface area contributed by atoms with E-state index in [4.69, 9.17) is 9.31 Å². The maximum Gasteiger partial charge on any atom is 0.460 e. The van der Waals surface area contributed by atoms with Crippen LogP contribution in [0, 0.1) is 5.41 Å². The van der Waals surface area contributed by atoms with Gasteiger partial charge in [0, 0.05) is 18.4 Å². The van der Waals surface area contributed by atoms with Gasteiger partial charge in [-0.15, -0.1) is 0 Å². The minimum atomic E-state index is -0.844. The zero-order chi connectivity index (χ0) is 17.0. The van der Waals surface area contributed by atoms with Crippen molar-refractivity contribution in [1.82, 2.24) is 4.90 Å². The molecule has 5 nitrogen and oxygen atoms in total. The van der Waals surface area contributed by atoms with Crippen molar-refractivity contribution in [1.29, 1.82) is 0 Å². The summed E-state index contributed by atoms with van der Waals surface area (Å²) in [5.74, 6) is 0. The van der Waals surface area contributed by atoms with Gasteiger partial charge in [0.2, 0.25) is 0 Å². The van der Waals surface area contributed by atoms with Crippen LogP contribution in [-0.2, 0) is 9.31 Å². The number of carbonyl (C=O) groups is 1. The Bertz CT molecular complexity index is 442. The Morgan fingerprint density at radius 1 is 1.18 bits per heavy atom. The Kier molecular flexibility index (Phi) is 4.11. The molecule has 1 atom stereocenters. The van der Waals surface area contributed by atoms with Crippen molar-refractivity contribution in [3.63, 3.8) is 0 Å². The number of amides is 1. The molecule has 0 spiro atoms. The van der Waals surface area contributed by atoms with Gasteiger partial charge in [0.1, 0.15) is 0 Å². The predicted molar refractivity (Wildman–Crippen MR) is 87.0 cm³/mol. The van der Waals surface area contributed by atoms with Gasteiger partial charge in [-0.1, -0.05) is 20.8 Å². The third-order valence-electron chi connectivity index (χ3n) is 5.92. The standard InChI is InChI=1S/C16H30BNO4/c1-13(2,3)16(9-8-10-18(16)12(19)20)11-17-21-14(4,5)15(6,7)22-17/h8-11H2,1-7H3,(H,19,20). The molecular formula is C16H30BNO4. The van der Waals surface area contributed by atoms with Crippen LogP contribution in [-0.4, -0.2) is 46.5 Å². The van der Waals surface area contributed by atoms with E-state index in [1.807, 2.05) is 27.7 Å². The highest BCUT2D eigenvalue weighted by molar-refractivity contribution is 6.46. The first kappa shape index (κ1) is 17.6. The van der Waals surface area contributed by atoms with Crippen molar-refractivity contribution >= 4 is 13.2 Å². The summed E-state index contributed by atoms with van der Waals surface area (Å²) in [6.45, 7) is 15.0. The Hall–Kier alpha value is -0.745. The van der Waals surface area contributed by atoms with Gasteiger partial charge in [-0.25, -0.2) is 4.79 Å². The van der Waals surface area contributed by atoms with E-state index in [9.17, 15) is 9.90 Å². The molecule has 22 heavy (non-hydrogen) atoms. The van der Waals surface area contributed by atoms with E-state index in [2.05, 4.69) is 20.8 Å². The average molecular weight is 311 g/mol. The molecule has 0 saturated carbocycles. The van der Waals surface area contributed by atoms with Gasteiger partial charge in [-0.05, 0) is 46.0 Å². The van der Waals surface area contributed by atoms with Crippen LogP contribution in [0.1, 0.15) is 61.3 Å². The molecule has 1 amide bonds. The van der Waals surface area contributed by atoms with Crippen molar-refractivity contribution < 1.29 is 19.2 Å². The molecule has 0 radical (unpaired) electrons. The highest BCUT2D eigenvalue weighted by Crippen LogP contribution is 2.49. The molecule has 0 bridgehead atoms. The summed E-state index contributed by atoms with van der Waals surface area (Å²) in [6, 6.07) is 0. The van der Waals surface area contributed by atoms with Gasteiger partial charge in [0.25, 0.3) is 0 Å². The van der Waals surface area contributed by atoms with E-state index in [-0.39, 0.29) is 23.7 Å². The van der Waals surface area contributed by atoms with E-state index in [0.717, 1.165) is 12.8 Å². The monoisotopic (exact) mass is 311 g/mol. The van der Waals surface area contributed by atoms with Crippen molar-refractivity contribution in [2.24, 2.45) is 5.41 Å². The number of likely N-dealkylation sites (tertiary alicyclic amines) is 1.